The molecule has 106 valence electrons. The summed E-state index contributed by atoms with van der Waals surface area (Å²) in [6.45, 7) is 0. The lowest BCUT2D eigenvalue weighted by Gasteiger charge is -2.05. The molecule has 0 aliphatic carbocycles. The molecular weight excluding hydrogens is 271 g/mol. The summed E-state index contributed by atoms with van der Waals surface area (Å²) >= 11 is 0. The number of rotatable bonds is 3. The molecule has 0 bridgehead atoms. The first kappa shape index (κ1) is 13.2. The number of benzene rings is 2. The number of nitrogens with zero attached hydrogens (tertiary/aromatic N) is 1. The number of nitrogen functional groups attached to an aromatic ring is 1. The molecule has 0 aliphatic rings. The van der Waals surface area contributed by atoms with Crippen LogP contribution in [-0.4, -0.2) is 12.3 Å². The second-order valence-electron chi connectivity index (χ2n) is 4.48. The quantitative estimate of drug-likeness (QED) is 0.796. The van der Waals surface area contributed by atoms with Crippen LogP contribution >= 0.6 is 0 Å². The van der Waals surface area contributed by atoms with Crippen molar-refractivity contribution >= 4 is 5.88 Å². The first-order valence-corrected chi connectivity index (χ1v) is 6.35. The molecule has 0 saturated heterocycles. The highest BCUT2D eigenvalue weighted by molar-refractivity contribution is 5.87. The fraction of sp³-hybridized carbons (Fsp3) is 0.0625. The summed E-state index contributed by atoms with van der Waals surface area (Å²) in [5.74, 6) is 0.153. The highest BCUT2D eigenvalue weighted by atomic mass is 19.1. The van der Waals surface area contributed by atoms with Crippen LogP contribution in [0, 0.1) is 5.82 Å². The summed E-state index contributed by atoms with van der Waals surface area (Å²) < 4.78 is 24.3. The van der Waals surface area contributed by atoms with Gasteiger partial charge in [-0.2, -0.15) is 0 Å². The standard InChI is InChI=1S/C16H13FN2O2/c1-20-11-7-8-12(13(17)9-11)15-14(16(18)21-19-15)10-5-3-2-4-6-10/h2-9H,18H2,1H3. The third kappa shape index (κ3) is 2.33. The lowest BCUT2D eigenvalue weighted by Crippen LogP contribution is -1.91. The number of halogens is 1. The molecule has 0 amide bonds. The second-order valence-corrected chi connectivity index (χ2v) is 4.48. The first-order chi connectivity index (χ1) is 10.2. The van der Waals surface area contributed by atoms with Crippen LogP contribution in [-0.2, 0) is 0 Å². The maximum absolute atomic E-state index is 14.2. The van der Waals surface area contributed by atoms with Gasteiger partial charge >= 0.3 is 0 Å². The van der Waals surface area contributed by atoms with E-state index in [1.807, 2.05) is 30.3 Å². The summed E-state index contributed by atoms with van der Waals surface area (Å²) in [5.41, 5.74) is 7.93. The van der Waals surface area contributed by atoms with E-state index >= 15 is 0 Å². The van der Waals surface area contributed by atoms with Gasteiger partial charge in [0, 0.05) is 11.6 Å². The summed E-state index contributed by atoms with van der Waals surface area (Å²) in [4.78, 5) is 0. The van der Waals surface area contributed by atoms with Gasteiger partial charge in [0.05, 0.1) is 12.7 Å². The molecule has 0 radical (unpaired) electrons. The van der Waals surface area contributed by atoms with Gasteiger partial charge in [0.1, 0.15) is 17.3 Å². The van der Waals surface area contributed by atoms with Crippen LogP contribution in [0.2, 0.25) is 0 Å². The lowest BCUT2D eigenvalue weighted by atomic mass is 10.0. The van der Waals surface area contributed by atoms with E-state index in [4.69, 9.17) is 15.0 Å². The number of nitrogens with two attached hydrogens (primary N) is 1. The second kappa shape index (κ2) is 5.28. The van der Waals surface area contributed by atoms with Gasteiger partial charge in [-0.05, 0) is 17.7 Å². The van der Waals surface area contributed by atoms with Crippen LogP contribution < -0.4 is 10.5 Å². The monoisotopic (exact) mass is 284 g/mol. The molecular formula is C16H13FN2O2. The first-order valence-electron chi connectivity index (χ1n) is 6.35. The van der Waals surface area contributed by atoms with Gasteiger partial charge in [0.2, 0.25) is 5.88 Å². The average Bonchev–Trinajstić information content (AvgIpc) is 2.89. The zero-order valence-electron chi connectivity index (χ0n) is 11.3. The molecule has 0 saturated carbocycles. The molecule has 1 aromatic heterocycles. The molecule has 4 nitrogen and oxygen atoms in total. The number of ether oxygens (including phenoxy) is 1. The zero-order valence-corrected chi connectivity index (χ0v) is 11.3. The largest absolute Gasteiger partial charge is 0.497 e. The minimum atomic E-state index is -0.445. The van der Waals surface area contributed by atoms with Crippen LogP contribution in [0.3, 0.4) is 0 Å². The molecule has 1 heterocycles. The van der Waals surface area contributed by atoms with Crippen molar-refractivity contribution in [3.63, 3.8) is 0 Å². The van der Waals surface area contributed by atoms with E-state index in [1.165, 1.54) is 13.2 Å². The molecule has 0 fully saturated rings. The normalized spacial score (nSPS) is 10.6. The van der Waals surface area contributed by atoms with Crippen molar-refractivity contribution in [3.8, 4) is 28.1 Å². The van der Waals surface area contributed by atoms with Crippen molar-refractivity contribution in [1.82, 2.24) is 5.16 Å². The summed E-state index contributed by atoms with van der Waals surface area (Å²) in [6.07, 6.45) is 0. The van der Waals surface area contributed by atoms with Gasteiger partial charge in [-0.15, -0.1) is 0 Å². The van der Waals surface area contributed by atoms with Crippen LogP contribution in [0.15, 0.2) is 53.1 Å². The Morgan fingerprint density at radius 2 is 1.90 bits per heavy atom. The Balaban J connectivity index is 2.17. The van der Waals surface area contributed by atoms with E-state index < -0.39 is 5.82 Å². The topological polar surface area (TPSA) is 61.3 Å². The summed E-state index contributed by atoms with van der Waals surface area (Å²) in [6, 6.07) is 13.9. The molecule has 0 unspecified atom stereocenters. The summed E-state index contributed by atoms with van der Waals surface area (Å²) in [7, 11) is 1.48. The van der Waals surface area contributed by atoms with E-state index in [1.54, 1.807) is 12.1 Å². The number of hydrogen-bond acceptors (Lipinski definition) is 4. The van der Waals surface area contributed by atoms with Crippen LogP contribution in [0.25, 0.3) is 22.4 Å². The Morgan fingerprint density at radius 3 is 2.57 bits per heavy atom. The molecule has 0 spiro atoms. The molecule has 3 aromatic rings. The van der Waals surface area contributed by atoms with Gasteiger partial charge < -0.3 is 15.0 Å². The fourth-order valence-electron chi connectivity index (χ4n) is 2.19. The Kier molecular flexibility index (Phi) is 3.31. The van der Waals surface area contributed by atoms with Gasteiger partial charge in [0.25, 0.3) is 0 Å². The fourth-order valence-corrected chi connectivity index (χ4v) is 2.19. The summed E-state index contributed by atoms with van der Waals surface area (Å²) in [5, 5.41) is 3.90. The lowest BCUT2D eigenvalue weighted by molar-refractivity contribution is 0.411. The number of anilines is 1. The maximum Gasteiger partial charge on any atom is 0.230 e. The van der Waals surface area contributed by atoms with Crippen LogP contribution in [0.4, 0.5) is 10.3 Å². The smallest absolute Gasteiger partial charge is 0.230 e. The Hall–Kier alpha value is -2.82. The molecule has 3 rings (SSSR count). The minimum absolute atomic E-state index is 0.159. The third-order valence-corrected chi connectivity index (χ3v) is 3.21. The van der Waals surface area contributed by atoms with E-state index in [-0.39, 0.29) is 5.88 Å². The van der Waals surface area contributed by atoms with E-state index in [0.29, 0.717) is 22.6 Å². The van der Waals surface area contributed by atoms with E-state index in [2.05, 4.69) is 5.16 Å². The minimum Gasteiger partial charge on any atom is -0.497 e. The maximum atomic E-state index is 14.2. The van der Waals surface area contributed by atoms with Crippen molar-refractivity contribution in [2.45, 2.75) is 0 Å². The molecule has 0 atom stereocenters. The van der Waals surface area contributed by atoms with Gasteiger partial charge in [0.15, 0.2) is 0 Å². The number of hydrogen-bond donors (Lipinski definition) is 1. The van der Waals surface area contributed by atoms with E-state index in [9.17, 15) is 4.39 Å². The van der Waals surface area contributed by atoms with Crippen molar-refractivity contribution in [2.24, 2.45) is 0 Å². The zero-order chi connectivity index (χ0) is 14.8. The van der Waals surface area contributed by atoms with Gasteiger partial charge in [-0.3, -0.25) is 0 Å². The van der Waals surface area contributed by atoms with Crippen molar-refractivity contribution in [2.75, 3.05) is 12.8 Å². The number of aromatic nitrogens is 1. The molecule has 2 N–H and O–H groups in total. The van der Waals surface area contributed by atoms with Gasteiger partial charge in [-0.25, -0.2) is 4.39 Å². The molecule has 5 heteroatoms. The Morgan fingerprint density at radius 1 is 1.14 bits per heavy atom. The predicted molar refractivity (Wildman–Crippen MR) is 78.3 cm³/mol. The van der Waals surface area contributed by atoms with Crippen LogP contribution in [0.5, 0.6) is 5.75 Å². The average molecular weight is 284 g/mol. The van der Waals surface area contributed by atoms with Crippen molar-refractivity contribution in [3.05, 3.63) is 54.3 Å². The molecule has 0 aliphatic heterocycles. The van der Waals surface area contributed by atoms with Crippen molar-refractivity contribution < 1.29 is 13.7 Å². The van der Waals surface area contributed by atoms with Crippen LogP contribution in [0.1, 0.15) is 0 Å². The molecule has 21 heavy (non-hydrogen) atoms. The number of methoxy groups -OCH3 is 1. The van der Waals surface area contributed by atoms with Crippen molar-refractivity contribution in [1.29, 1.82) is 0 Å². The van der Waals surface area contributed by atoms with Gasteiger partial charge in [-0.1, -0.05) is 35.5 Å². The third-order valence-electron chi connectivity index (χ3n) is 3.21. The predicted octanol–water partition coefficient (Wildman–Crippen LogP) is 3.74. The SMILES string of the molecule is COc1ccc(-c2noc(N)c2-c2ccccc2)c(F)c1. The highest BCUT2D eigenvalue weighted by Crippen LogP contribution is 2.37. The highest BCUT2D eigenvalue weighted by Gasteiger charge is 2.20. The molecule has 2 aromatic carbocycles. The van der Waals surface area contributed by atoms with E-state index in [0.717, 1.165) is 5.56 Å². The Labute approximate surface area is 120 Å². The Bertz CT molecular complexity index is 769.